The van der Waals surface area contributed by atoms with Crippen molar-refractivity contribution in [2.24, 2.45) is 5.73 Å². The Morgan fingerprint density at radius 1 is 1.26 bits per heavy atom. The molecule has 0 amide bonds. The van der Waals surface area contributed by atoms with E-state index in [1.807, 2.05) is 25.1 Å². The van der Waals surface area contributed by atoms with Gasteiger partial charge in [0.2, 0.25) is 0 Å². The summed E-state index contributed by atoms with van der Waals surface area (Å²) in [6.07, 6.45) is 4.22. The molecule has 1 aromatic heterocycles. The Bertz CT molecular complexity index is 558. The number of hydrogen-bond donors (Lipinski definition) is 1. The zero-order chi connectivity index (χ0) is 13.8. The summed E-state index contributed by atoms with van der Waals surface area (Å²) < 4.78 is 7.41. The van der Waals surface area contributed by atoms with Gasteiger partial charge >= 0.3 is 6.01 Å². The minimum absolute atomic E-state index is 0.0935. The first-order valence-corrected chi connectivity index (χ1v) is 7.32. The second-order valence-corrected chi connectivity index (χ2v) is 6.00. The molecule has 1 atom stereocenters. The third-order valence-corrected chi connectivity index (χ3v) is 3.45. The third-order valence-electron chi connectivity index (χ3n) is 2.33. The van der Waals surface area contributed by atoms with Crippen LogP contribution in [-0.2, 0) is 6.42 Å². The van der Waals surface area contributed by atoms with Crippen LogP contribution in [0.3, 0.4) is 0 Å². The molecule has 6 heteroatoms. The molecule has 2 aromatic rings. The molecular formula is C13H13Br2N3O. The van der Waals surface area contributed by atoms with Crippen LogP contribution in [-0.4, -0.2) is 16.0 Å². The van der Waals surface area contributed by atoms with E-state index in [1.54, 1.807) is 12.4 Å². The highest BCUT2D eigenvalue weighted by atomic mass is 79.9. The van der Waals surface area contributed by atoms with E-state index in [0.29, 0.717) is 11.8 Å². The molecule has 0 saturated carbocycles. The zero-order valence-electron chi connectivity index (χ0n) is 10.3. The number of ether oxygens (including phenoxy) is 1. The summed E-state index contributed by atoms with van der Waals surface area (Å²) in [5.41, 5.74) is 6.72. The Hall–Kier alpha value is -0.980. The Morgan fingerprint density at radius 2 is 1.95 bits per heavy atom. The first-order valence-electron chi connectivity index (χ1n) is 5.74. The highest BCUT2D eigenvalue weighted by Gasteiger charge is 2.06. The molecule has 19 heavy (non-hydrogen) atoms. The molecule has 1 unspecified atom stereocenters. The molecular weight excluding hydrogens is 374 g/mol. The summed E-state index contributed by atoms with van der Waals surface area (Å²) in [5, 5.41) is 0. The molecule has 0 saturated heterocycles. The van der Waals surface area contributed by atoms with Gasteiger partial charge in [0.1, 0.15) is 5.75 Å². The second-order valence-electron chi connectivity index (χ2n) is 4.23. The van der Waals surface area contributed by atoms with Crippen molar-refractivity contribution in [3.63, 3.8) is 0 Å². The number of benzene rings is 1. The van der Waals surface area contributed by atoms with Gasteiger partial charge in [0.15, 0.2) is 0 Å². The molecule has 0 fully saturated rings. The maximum absolute atomic E-state index is 5.72. The van der Waals surface area contributed by atoms with Gasteiger partial charge in [0, 0.05) is 22.9 Å². The maximum Gasteiger partial charge on any atom is 0.321 e. The van der Waals surface area contributed by atoms with Gasteiger partial charge in [-0.1, -0.05) is 15.9 Å². The van der Waals surface area contributed by atoms with Crippen LogP contribution in [0.2, 0.25) is 0 Å². The summed E-state index contributed by atoms with van der Waals surface area (Å²) in [6.45, 7) is 1.95. The van der Waals surface area contributed by atoms with Crippen molar-refractivity contribution in [2.45, 2.75) is 19.4 Å². The number of aromatic nitrogens is 2. The van der Waals surface area contributed by atoms with E-state index in [1.165, 1.54) is 0 Å². The predicted molar refractivity (Wildman–Crippen MR) is 81.3 cm³/mol. The number of nitrogens with two attached hydrogens (primary N) is 1. The van der Waals surface area contributed by atoms with E-state index in [9.17, 15) is 0 Å². The SMILES string of the molecule is CC(N)Cc1cnc(Oc2ccc(Br)cc2Br)nc1. The Morgan fingerprint density at radius 3 is 2.53 bits per heavy atom. The summed E-state index contributed by atoms with van der Waals surface area (Å²) >= 11 is 6.81. The Labute approximate surface area is 128 Å². The summed E-state index contributed by atoms with van der Waals surface area (Å²) in [4.78, 5) is 8.34. The fourth-order valence-electron chi connectivity index (χ4n) is 1.53. The van der Waals surface area contributed by atoms with Crippen LogP contribution in [0.25, 0.3) is 0 Å². The van der Waals surface area contributed by atoms with Crippen LogP contribution in [0, 0.1) is 0 Å². The molecule has 100 valence electrons. The molecule has 0 radical (unpaired) electrons. The lowest BCUT2D eigenvalue weighted by Crippen LogP contribution is -2.17. The molecule has 0 bridgehead atoms. The molecule has 2 N–H and O–H groups in total. The fraction of sp³-hybridized carbons (Fsp3) is 0.231. The second kappa shape index (κ2) is 6.45. The van der Waals surface area contributed by atoms with Gasteiger partial charge in [-0.3, -0.25) is 0 Å². The van der Waals surface area contributed by atoms with Gasteiger partial charge in [-0.05, 0) is 53.0 Å². The van der Waals surface area contributed by atoms with Crippen molar-refractivity contribution in [3.05, 3.63) is 45.1 Å². The number of nitrogens with zero attached hydrogens (tertiary/aromatic N) is 2. The molecule has 0 spiro atoms. The van der Waals surface area contributed by atoms with E-state index in [2.05, 4.69) is 41.8 Å². The number of hydrogen-bond acceptors (Lipinski definition) is 4. The third kappa shape index (κ3) is 4.26. The largest absolute Gasteiger partial charge is 0.423 e. The van der Waals surface area contributed by atoms with Crippen LogP contribution in [0.1, 0.15) is 12.5 Å². The first-order chi connectivity index (χ1) is 9.04. The molecule has 0 aliphatic rings. The lowest BCUT2D eigenvalue weighted by atomic mass is 10.1. The molecule has 4 nitrogen and oxygen atoms in total. The lowest BCUT2D eigenvalue weighted by molar-refractivity contribution is 0.438. The van der Waals surface area contributed by atoms with Crippen LogP contribution < -0.4 is 10.5 Å². The van der Waals surface area contributed by atoms with Crippen molar-refractivity contribution in [2.75, 3.05) is 0 Å². The molecule has 1 heterocycles. The van der Waals surface area contributed by atoms with Gasteiger partial charge in [-0.15, -0.1) is 0 Å². The van der Waals surface area contributed by atoms with Crippen molar-refractivity contribution < 1.29 is 4.74 Å². The Kier molecular flexibility index (Phi) is 4.90. The standard InChI is InChI=1S/C13H13Br2N3O/c1-8(16)4-9-6-17-13(18-7-9)19-12-3-2-10(14)5-11(12)15/h2-3,5-8H,4,16H2,1H3. The monoisotopic (exact) mass is 385 g/mol. The van der Waals surface area contributed by atoms with Crippen LogP contribution in [0.15, 0.2) is 39.5 Å². The van der Waals surface area contributed by atoms with Crippen molar-refractivity contribution in [1.29, 1.82) is 0 Å². The van der Waals surface area contributed by atoms with E-state index < -0.39 is 0 Å². The minimum Gasteiger partial charge on any atom is -0.423 e. The lowest BCUT2D eigenvalue weighted by Gasteiger charge is -2.07. The van der Waals surface area contributed by atoms with Crippen molar-refractivity contribution in [3.8, 4) is 11.8 Å². The average molecular weight is 387 g/mol. The van der Waals surface area contributed by atoms with Gasteiger partial charge < -0.3 is 10.5 Å². The maximum atomic E-state index is 5.72. The van der Waals surface area contributed by atoms with Crippen LogP contribution >= 0.6 is 31.9 Å². The van der Waals surface area contributed by atoms with Crippen molar-refractivity contribution >= 4 is 31.9 Å². The van der Waals surface area contributed by atoms with E-state index in [4.69, 9.17) is 10.5 Å². The first kappa shape index (κ1) is 14.4. The summed E-state index contributed by atoms with van der Waals surface area (Å²) in [5.74, 6) is 0.670. The fourth-order valence-corrected chi connectivity index (χ4v) is 2.66. The molecule has 2 rings (SSSR count). The Balaban J connectivity index is 2.10. The summed E-state index contributed by atoms with van der Waals surface area (Å²) in [6, 6.07) is 6.05. The minimum atomic E-state index is 0.0935. The smallest absolute Gasteiger partial charge is 0.321 e. The van der Waals surface area contributed by atoms with Gasteiger partial charge in [-0.25, -0.2) is 9.97 Å². The van der Waals surface area contributed by atoms with Crippen molar-refractivity contribution in [1.82, 2.24) is 9.97 Å². The summed E-state index contributed by atoms with van der Waals surface area (Å²) in [7, 11) is 0. The van der Waals surface area contributed by atoms with Gasteiger partial charge in [0.25, 0.3) is 0 Å². The zero-order valence-corrected chi connectivity index (χ0v) is 13.5. The topological polar surface area (TPSA) is 61.0 Å². The van der Waals surface area contributed by atoms with E-state index in [0.717, 1.165) is 20.9 Å². The number of rotatable bonds is 4. The van der Waals surface area contributed by atoms with E-state index >= 15 is 0 Å². The molecule has 0 aliphatic heterocycles. The van der Waals surface area contributed by atoms with E-state index in [-0.39, 0.29) is 6.04 Å². The number of halogens is 2. The highest BCUT2D eigenvalue weighted by molar-refractivity contribution is 9.11. The van der Waals surface area contributed by atoms with Gasteiger partial charge in [-0.2, -0.15) is 0 Å². The van der Waals surface area contributed by atoms with Crippen LogP contribution in [0.5, 0.6) is 11.8 Å². The molecule has 0 aliphatic carbocycles. The normalized spacial score (nSPS) is 12.2. The quantitative estimate of drug-likeness (QED) is 0.870. The van der Waals surface area contributed by atoms with Crippen LogP contribution in [0.4, 0.5) is 0 Å². The highest BCUT2D eigenvalue weighted by Crippen LogP contribution is 2.30. The predicted octanol–water partition coefficient (Wildman–Crippen LogP) is 3.68. The average Bonchev–Trinajstić information content (AvgIpc) is 2.34. The van der Waals surface area contributed by atoms with Gasteiger partial charge in [0.05, 0.1) is 4.47 Å². The molecule has 1 aromatic carbocycles.